The third kappa shape index (κ3) is 4.25. The summed E-state index contributed by atoms with van der Waals surface area (Å²) in [5.41, 5.74) is 19.2. The lowest BCUT2D eigenvalue weighted by Gasteiger charge is -2.39. The second-order valence-electron chi connectivity index (χ2n) is 14.5. The Morgan fingerprint density at radius 3 is 1.80 bits per heavy atom. The first-order valence-electron chi connectivity index (χ1n) is 19.0. The highest BCUT2D eigenvalue weighted by molar-refractivity contribution is 6.23. The van der Waals surface area contributed by atoms with Gasteiger partial charge in [0.25, 0.3) is 0 Å². The zero-order valence-corrected chi connectivity index (χ0v) is 30.0. The minimum absolute atomic E-state index is 0.395. The maximum Gasteiger partial charge on any atom is 0.0723 e. The van der Waals surface area contributed by atoms with Crippen LogP contribution in [0.5, 0.6) is 0 Å². The molecule has 254 valence electrons. The fourth-order valence-corrected chi connectivity index (χ4v) is 9.55. The molecule has 54 heavy (non-hydrogen) atoms. The molecule has 7 aromatic carbocycles. The van der Waals surface area contributed by atoms with E-state index in [2.05, 4.69) is 200 Å². The lowest BCUT2D eigenvalue weighted by atomic mass is 9.61. The Morgan fingerprint density at radius 1 is 0.500 bits per heavy atom. The predicted octanol–water partition coefficient (Wildman–Crippen LogP) is 13.3. The summed E-state index contributed by atoms with van der Waals surface area (Å²) < 4.78 is 2.49. The molecule has 2 aliphatic rings. The molecule has 1 atom stereocenters. The minimum Gasteiger partial charge on any atom is -0.309 e. The van der Waals surface area contributed by atoms with Gasteiger partial charge in [0.05, 0.1) is 27.8 Å². The van der Waals surface area contributed by atoms with E-state index in [1.54, 1.807) is 0 Å². The molecule has 0 amide bonds. The summed E-state index contributed by atoms with van der Waals surface area (Å²) in [6.45, 7) is 2.27. The number of nitrogens with zero attached hydrogens (tertiary/aromatic N) is 2. The second kappa shape index (κ2) is 11.9. The summed E-state index contributed by atoms with van der Waals surface area (Å²) in [6.07, 6.45) is 3.45. The highest BCUT2D eigenvalue weighted by Crippen LogP contribution is 2.64. The zero-order chi connectivity index (χ0) is 35.8. The van der Waals surface area contributed by atoms with E-state index < -0.39 is 5.41 Å². The number of hydrogen-bond donors (Lipinski definition) is 0. The molecular weight excluding hydrogens is 653 g/mol. The van der Waals surface area contributed by atoms with Gasteiger partial charge < -0.3 is 4.57 Å². The van der Waals surface area contributed by atoms with Crippen LogP contribution in [-0.4, -0.2) is 9.55 Å². The van der Waals surface area contributed by atoms with E-state index in [-0.39, 0.29) is 0 Å². The van der Waals surface area contributed by atoms with Crippen LogP contribution in [0.2, 0.25) is 0 Å². The van der Waals surface area contributed by atoms with E-state index in [0.717, 1.165) is 45.7 Å². The van der Waals surface area contributed by atoms with Crippen molar-refractivity contribution in [1.29, 1.82) is 0 Å². The van der Waals surface area contributed by atoms with Crippen molar-refractivity contribution in [3.63, 3.8) is 0 Å². The first-order chi connectivity index (χ1) is 26.8. The summed E-state index contributed by atoms with van der Waals surface area (Å²) >= 11 is 0. The van der Waals surface area contributed by atoms with Gasteiger partial charge in [0.1, 0.15) is 0 Å². The summed E-state index contributed by atoms with van der Waals surface area (Å²) in [5, 5.41) is 2.71. The first kappa shape index (κ1) is 30.8. The maximum atomic E-state index is 5.12. The van der Waals surface area contributed by atoms with Crippen molar-refractivity contribution in [2.45, 2.75) is 18.8 Å². The molecule has 0 radical (unpaired) electrons. The predicted molar refractivity (Wildman–Crippen MR) is 225 cm³/mol. The summed E-state index contributed by atoms with van der Waals surface area (Å²) in [7, 11) is 0. The number of allylic oxidation sites excluding steroid dienone is 2. The summed E-state index contributed by atoms with van der Waals surface area (Å²) in [6, 6.07) is 66.5. The van der Waals surface area contributed by atoms with Gasteiger partial charge in [-0.3, -0.25) is 0 Å². The van der Waals surface area contributed by atoms with Crippen LogP contribution < -0.4 is 0 Å². The molecule has 0 N–H and O–H groups in total. The number of hydrogen-bond acceptors (Lipinski definition) is 1. The number of rotatable bonds is 6. The molecule has 0 spiro atoms. The molecule has 2 aliphatic carbocycles. The standard InChI is InChI=1S/C52H36N2/c1-2-15-43-42-23-14-25-47-49(42)50-48(31-30-41-40-22-12-13-24-44(40)52(43,51(41)50)38-20-10-5-11-21-38)54(47)39-28-26-34(27-29-39)37-32-45(35-16-6-3-7-17-35)53-46(33-37)36-18-8-4-9-19-36/h3-33H,2H2,1H3/b43-15+. The molecule has 2 nitrogen and oxygen atoms in total. The van der Waals surface area contributed by atoms with Gasteiger partial charge in [-0.05, 0) is 92.9 Å². The van der Waals surface area contributed by atoms with Crippen molar-refractivity contribution in [2.75, 3.05) is 0 Å². The Balaban J connectivity index is 1.14. The molecule has 2 heterocycles. The molecule has 2 aromatic heterocycles. The average molecular weight is 689 g/mol. The molecule has 0 saturated heterocycles. The molecule has 0 fully saturated rings. The van der Waals surface area contributed by atoms with Crippen molar-refractivity contribution < 1.29 is 0 Å². The molecule has 2 heteroatoms. The Hall–Kier alpha value is -6.77. The quantitative estimate of drug-likeness (QED) is 0.170. The monoisotopic (exact) mass is 688 g/mol. The highest BCUT2D eigenvalue weighted by Gasteiger charge is 2.51. The molecule has 0 bridgehead atoms. The van der Waals surface area contributed by atoms with Crippen molar-refractivity contribution in [3.05, 3.63) is 210 Å². The largest absolute Gasteiger partial charge is 0.309 e. The van der Waals surface area contributed by atoms with Gasteiger partial charge in [-0.2, -0.15) is 0 Å². The van der Waals surface area contributed by atoms with Crippen molar-refractivity contribution >= 4 is 27.4 Å². The van der Waals surface area contributed by atoms with Gasteiger partial charge in [-0.1, -0.05) is 159 Å². The molecule has 11 rings (SSSR count). The van der Waals surface area contributed by atoms with Crippen LogP contribution in [0.15, 0.2) is 188 Å². The molecular formula is C52H36N2. The van der Waals surface area contributed by atoms with Crippen molar-refractivity contribution in [2.24, 2.45) is 0 Å². The topological polar surface area (TPSA) is 17.8 Å². The number of aromatic nitrogens is 2. The van der Waals surface area contributed by atoms with E-state index in [1.165, 1.54) is 60.8 Å². The van der Waals surface area contributed by atoms with Gasteiger partial charge in [0, 0.05) is 27.6 Å². The van der Waals surface area contributed by atoms with E-state index in [0.29, 0.717) is 0 Å². The Labute approximate surface area is 315 Å². The smallest absolute Gasteiger partial charge is 0.0723 e. The highest BCUT2D eigenvalue weighted by atomic mass is 15.0. The number of benzene rings is 7. The Morgan fingerprint density at radius 2 is 1.11 bits per heavy atom. The van der Waals surface area contributed by atoms with Crippen LogP contribution in [0.3, 0.4) is 0 Å². The molecule has 0 aliphatic heterocycles. The summed E-state index contributed by atoms with van der Waals surface area (Å²) in [4.78, 5) is 5.12. The zero-order valence-electron chi connectivity index (χ0n) is 30.0. The van der Waals surface area contributed by atoms with Gasteiger partial charge in [-0.15, -0.1) is 0 Å². The first-order valence-corrected chi connectivity index (χ1v) is 19.0. The van der Waals surface area contributed by atoms with E-state index in [9.17, 15) is 0 Å². The SMILES string of the molecule is CC/C=C1\c2cccc3c2c2c4c(ccc2n3-c2ccc(-c3cc(-c5ccccc5)nc(-c5ccccc5)c3)cc2)-c2ccccc2C14c1ccccc1. The maximum absolute atomic E-state index is 5.12. The van der Waals surface area contributed by atoms with E-state index >= 15 is 0 Å². The second-order valence-corrected chi connectivity index (χ2v) is 14.5. The van der Waals surface area contributed by atoms with Gasteiger partial charge in [0.15, 0.2) is 0 Å². The van der Waals surface area contributed by atoms with E-state index in [1.807, 2.05) is 0 Å². The van der Waals surface area contributed by atoms with Gasteiger partial charge in [0.2, 0.25) is 0 Å². The van der Waals surface area contributed by atoms with Gasteiger partial charge in [-0.25, -0.2) is 4.98 Å². The van der Waals surface area contributed by atoms with Crippen LogP contribution in [0.1, 0.15) is 35.6 Å². The minimum atomic E-state index is -0.395. The number of pyridine rings is 1. The Bertz CT molecular complexity index is 2880. The van der Waals surface area contributed by atoms with Crippen LogP contribution in [0.4, 0.5) is 0 Å². The Kier molecular flexibility index (Phi) is 6.78. The lowest BCUT2D eigenvalue weighted by molar-refractivity contribution is 0.829. The van der Waals surface area contributed by atoms with Crippen molar-refractivity contribution in [3.8, 4) is 50.5 Å². The average Bonchev–Trinajstić information content (AvgIpc) is 3.75. The fourth-order valence-electron chi connectivity index (χ4n) is 9.55. The molecule has 0 saturated carbocycles. The summed E-state index contributed by atoms with van der Waals surface area (Å²) in [5.74, 6) is 0. The third-order valence-electron chi connectivity index (χ3n) is 11.7. The third-order valence-corrected chi connectivity index (χ3v) is 11.7. The molecule has 1 unspecified atom stereocenters. The lowest BCUT2D eigenvalue weighted by Crippen LogP contribution is -2.31. The van der Waals surface area contributed by atoms with E-state index in [4.69, 9.17) is 4.98 Å². The van der Waals surface area contributed by atoms with Gasteiger partial charge >= 0.3 is 0 Å². The van der Waals surface area contributed by atoms with Crippen LogP contribution in [0, 0.1) is 0 Å². The number of fused-ring (bicyclic) bond motifs is 3. The van der Waals surface area contributed by atoms with Crippen LogP contribution in [-0.2, 0) is 5.41 Å². The van der Waals surface area contributed by atoms with Crippen LogP contribution >= 0.6 is 0 Å². The molecule has 9 aromatic rings. The van der Waals surface area contributed by atoms with Crippen molar-refractivity contribution in [1.82, 2.24) is 9.55 Å². The van der Waals surface area contributed by atoms with Crippen LogP contribution in [0.25, 0.3) is 77.8 Å². The fraction of sp³-hybridized carbons (Fsp3) is 0.0577. The normalized spacial score (nSPS) is 16.1.